The van der Waals surface area contributed by atoms with Crippen LogP contribution in [0, 0.1) is 12.3 Å². The third kappa shape index (κ3) is 3.17. The second kappa shape index (κ2) is 5.97. The molecule has 18 heavy (non-hydrogen) atoms. The second-order valence-corrected chi connectivity index (χ2v) is 4.12. The first-order valence-corrected chi connectivity index (χ1v) is 5.94. The molecule has 0 radical (unpaired) electrons. The number of aliphatic imine (C=N–C) groups is 1. The lowest BCUT2D eigenvalue weighted by molar-refractivity contribution is 0.370. The van der Waals surface area contributed by atoms with Crippen LogP contribution < -0.4 is 10.1 Å². The maximum Gasteiger partial charge on any atom is 0.194 e. The molecule has 94 valence electrons. The number of nitrogens with one attached hydrogen (secondary N) is 1. The Bertz CT molecular complexity index is 459. The summed E-state index contributed by atoms with van der Waals surface area (Å²) in [5.74, 6) is 4.20. The lowest BCUT2D eigenvalue weighted by atomic mass is 10.2. The molecule has 0 aromatic heterocycles. The van der Waals surface area contributed by atoms with E-state index < -0.39 is 0 Å². The first-order chi connectivity index (χ1) is 8.79. The number of benzene rings is 1. The van der Waals surface area contributed by atoms with Gasteiger partial charge in [0.05, 0.1) is 6.54 Å². The molecule has 0 aliphatic carbocycles. The van der Waals surface area contributed by atoms with E-state index in [1.807, 2.05) is 31.3 Å². The van der Waals surface area contributed by atoms with Crippen molar-refractivity contribution in [3.05, 3.63) is 29.8 Å². The topological polar surface area (TPSA) is 36.9 Å². The van der Waals surface area contributed by atoms with E-state index >= 15 is 0 Å². The van der Waals surface area contributed by atoms with Gasteiger partial charge in [-0.25, -0.2) is 0 Å². The third-order valence-corrected chi connectivity index (χ3v) is 2.75. The van der Waals surface area contributed by atoms with E-state index in [0.29, 0.717) is 6.61 Å². The molecule has 0 spiro atoms. The number of nitrogens with zero attached hydrogens (tertiary/aromatic N) is 2. The lowest BCUT2D eigenvalue weighted by Crippen LogP contribution is -2.35. The van der Waals surface area contributed by atoms with E-state index in [0.717, 1.165) is 31.3 Å². The van der Waals surface area contributed by atoms with Crippen LogP contribution in [0.25, 0.3) is 0 Å². The Kier molecular flexibility index (Phi) is 4.08. The van der Waals surface area contributed by atoms with Gasteiger partial charge in [0.15, 0.2) is 5.96 Å². The van der Waals surface area contributed by atoms with Crippen molar-refractivity contribution < 1.29 is 4.74 Å². The van der Waals surface area contributed by atoms with Crippen LogP contribution in [0.15, 0.2) is 29.3 Å². The number of rotatable bonds is 4. The van der Waals surface area contributed by atoms with Gasteiger partial charge in [-0.1, -0.05) is 18.1 Å². The van der Waals surface area contributed by atoms with Crippen LogP contribution in [0.3, 0.4) is 0 Å². The van der Waals surface area contributed by atoms with Crippen molar-refractivity contribution in [1.82, 2.24) is 10.2 Å². The van der Waals surface area contributed by atoms with Gasteiger partial charge in [0, 0.05) is 20.1 Å². The zero-order valence-corrected chi connectivity index (χ0v) is 10.5. The molecular weight excluding hydrogens is 226 g/mol. The third-order valence-electron chi connectivity index (χ3n) is 2.75. The molecule has 1 aromatic rings. The zero-order valence-electron chi connectivity index (χ0n) is 10.5. The Morgan fingerprint density at radius 1 is 1.44 bits per heavy atom. The second-order valence-electron chi connectivity index (χ2n) is 4.12. The van der Waals surface area contributed by atoms with Crippen molar-refractivity contribution in [2.45, 2.75) is 6.54 Å². The van der Waals surface area contributed by atoms with Gasteiger partial charge in [-0.3, -0.25) is 4.99 Å². The fourth-order valence-electron chi connectivity index (χ4n) is 1.73. The van der Waals surface area contributed by atoms with Crippen molar-refractivity contribution in [3.8, 4) is 18.1 Å². The van der Waals surface area contributed by atoms with Crippen molar-refractivity contribution >= 4 is 5.96 Å². The van der Waals surface area contributed by atoms with Gasteiger partial charge in [-0.05, 0) is 17.7 Å². The molecule has 0 unspecified atom stereocenters. The Labute approximate surface area is 108 Å². The number of ether oxygens (including phenoxy) is 1. The predicted octanol–water partition coefficient (Wildman–Crippen LogP) is 1.09. The minimum atomic E-state index is 0.305. The van der Waals surface area contributed by atoms with Gasteiger partial charge in [-0.2, -0.15) is 0 Å². The predicted molar refractivity (Wildman–Crippen MR) is 72.5 cm³/mol. The molecule has 1 N–H and O–H groups in total. The van der Waals surface area contributed by atoms with E-state index in [4.69, 9.17) is 11.2 Å². The highest BCUT2D eigenvalue weighted by molar-refractivity contribution is 5.81. The molecule has 1 aliphatic heterocycles. The first kappa shape index (κ1) is 12.3. The number of hydrogen-bond acceptors (Lipinski definition) is 4. The molecule has 4 nitrogen and oxygen atoms in total. The highest BCUT2D eigenvalue weighted by Gasteiger charge is 2.10. The minimum Gasteiger partial charge on any atom is -0.481 e. The van der Waals surface area contributed by atoms with Crippen LogP contribution in [0.4, 0.5) is 0 Å². The number of likely N-dealkylation sites (N-methyl/N-ethyl adjacent to an activating group) is 1. The van der Waals surface area contributed by atoms with Gasteiger partial charge in [-0.15, -0.1) is 6.42 Å². The highest BCUT2D eigenvalue weighted by atomic mass is 16.5. The summed E-state index contributed by atoms with van der Waals surface area (Å²) in [6, 6.07) is 7.89. The fraction of sp³-hybridized carbons (Fsp3) is 0.357. The molecule has 0 amide bonds. The van der Waals surface area contributed by atoms with E-state index in [9.17, 15) is 0 Å². The van der Waals surface area contributed by atoms with Gasteiger partial charge < -0.3 is 15.0 Å². The average Bonchev–Trinajstić information content (AvgIpc) is 2.81. The van der Waals surface area contributed by atoms with Crippen LogP contribution in [-0.2, 0) is 6.54 Å². The molecule has 1 aromatic carbocycles. The van der Waals surface area contributed by atoms with Crippen LogP contribution in [0.5, 0.6) is 5.75 Å². The Morgan fingerprint density at radius 2 is 2.22 bits per heavy atom. The molecule has 4 heteroatoms. The standard InChI is InChI=1S/C14H17N3O/c1-3-10-18-13-6-4-12(5-7-13)11-16-14-15-8-9-17(14)2/h1,4-7H,8-11H2,2H3,(H,15,16). The minimum absolute atomic E-state index is 0.305. The summed E-state index contributed by atoms with van der Waals surface area (Å²) >= 11 is 0. The average molecular weight is 243 g/mol. The molecule has 0 saturated heterocycles. The highest BCUT2D eigenvalue weighted by Crippen LogP contribution is 2.12. The van der Waals surface area contributed by atoms with Gasteiger partial charge in [0.25, 0.3) is 0 Å². The van der Waals surface area contributed by atoms with Crippen LogP contribution in [0.2, 0.25) is 0 Å². The smallest absolute Gasteiger partial charge is 0.194 e. The number of hydrogen-bond donors (Lipinski definition) is 1. The van der Waals surface area contributed by atoms with E-state index in [1.54, 1.807) is 0 Å². The van der Waals surface area contributed by atoms with Crippen LogP contribution >= 0.6 is 0 Å². The van der Waals surface area contributed by atoms with Crippen LogP contribution in [-0.4, -0.2) is 37.6 Å². The van der Waals surface area contributed by atoms with Crippen molar-refractivity contribution in [2.75, 3.05) is 26.7 Å². The number of terminal acetylenes is 1. The Hall–Kier alpha value is -2.15. The molecule has 1 aliphatic rings. The molecule has 0 saturated carbocycles. The molecular formula is C14H17N3O. The number of guanidine groups is 1. The maximum atomic E-state index is 5.32. The molecule has 2 rings (SSSR count). The van der Waals surface area contributed by atoms with Crippen LogP contribution in [0.1, 0.15) is 5.56 Å². The fourth-order valence-corrected chi connectivity index (χ4v) is 1.73. The summed E-state index contributed by atoms with van der Waals surface area (Å²) in [5, 5.41) is 3.31. The molecule has 0 bridgehead atoms. The maximum absolute atomic E-state index is 5.32. The summed E-state index contributed by atoms with van der Waals surface area (Å²) in [5.41, 5.74) is 1.19. The van der Waals surface area contributed by atoms with E-state index in [1.165, 1.54) is 5.56 Å². The van der Waals surface area contributed by atoms with Gasteiger partial charge in [0.2, 0.25) is 0 Å². The normalized spacial score (nSPS) is 14.0. The zero-order chi connectivity index (χ0) is 12.8. The van der Waals surface area contributed by atoms with E-state index in [2.05, 4.69) is 21.1 Å². The SMILES string of the molecule is C#CCOc1ccc(CNC2=NCCN2C)cc1. The summed E-state index contributed by atoms with van der Waals surface area (Å²) in [6.07, 6.45) is 5.13. The van der Waals surface area contributed by atoms with Crippen molar-refractivity contribution in [1.29, 1.82) is 0 Å². The largest absolute Gasteiger partial charge is 0.481 e. The summed E-state index contributed by atoms with van der Waals surface area (Å²) in [4.78, 5) is 6.49. The first-order valence-electron chi connectivity index (χ1n) is 5.94. The van der Waals surface area contributed by atoms with Gasteiger partial charge >= 0.3 is 0 Å². The Morgan fingerprint density at radius 3 is 2.83 bits per heavy atom. The van der Waals surface area contributed by atoms with Crippen molar-refractivity contribution in [3.63, 3.8) is 0 Å². The summed E-state index contributed by atoms with van der Waals surface area (Å²) in [7, 11) is 2.04. The van der Waals surface area contributed by atoms with Gasteiger partial charge in [0.1, 0.15) is 12.4 Å². The summed E-state index contributed by atoms with van der Waals surface area (Å²) < 4.78 is 5.32. The summed E-state index contributed by atoms with van der Waals surface area (Å²) in [6.45, 7) is 2.93. The van der Waals surface area contributed by atoms with Crippen molar-refractivity contribution in [2.24, 2.45) is 4.99 Å². The quantitative estimate of drug-likeness (QED) is 0.804. The lowest BCUT2D eigenvalue weighted by Gasteiger charge is -2.15. The monoisotopic (exact) mass is 243 g/mol. The molecule has 1 heterocycles. The molecule has 0 fully saturated rings. The molecule has 0 atom stereocenters. The van der Waals surface area contributed by atoms with E-state index in [-0.39, 0.29) is 0 Å². The Balaban J connectivity index is 1.85.